The van der Waals surface area contributed by atoms with Crippen LogP contribution in [0.1, 0.15) is 16.7 Å². The van der Waals surface area contributed by atoms with Gasteiger partial charge in [-0.3, -0.25) is 9.80 Å². The van der Waals surface area contributed by atoms with Gasteiger partial charge in [0.1, 0.15) is 12.4 Å². The van der Waals surface area contributed by atoms with E-state index in [-0.39, 0.29) is 5.82 Å². The van der Waals surface area contributed by atoms with Crippen molar-refractivity contribution in [2.45, 2.75) is 13.1 Å². The molecule has 0 bridgehead atoms. The minimum absolute atomic E-state index is 0.224. The Morgan fingerprint density at radius 3 is 2.69 bits per heavy atom. The number of hydrogen-bond acceptors (Lipinski definition) is 5. The lowest BCUT2D eigenvalue weighted by molar-refractivity contribution is 0.0342. The summed E-state index contributed by atoms with van der Waals surface area (Å²) in [6.07, 6.45) is 0. The Labute approximate surface area is 171 Å². The summed E-state index contributed by atoms with van der Waals surface area (Å²) >= 11 is 0. The topological polar surface area (TPSA) is 63.3 Å². The predicted octanol–water partition coefficient (Wildman–Crippen LogP) is 2.43. The van der Waals surface area contributed by atoms with Crippen molar-refractivity contribution >= 4 is 5.84 Å². The molecule has 1 heterocycles. The van der Waals surface area contributed by atoms with E-state index >= 15 is 0 Å². The summed E-state index contributed by atoms with van der Waals surface area (Å²) in [6.45, 7) is 6.16. The molecule has 2 aromatic rings. The summed E-state index contributed by atoms with van der Waals surface area (Å²) in [6, 6.07) is 14.6. The van der Waals surface area contributed by atoms with Gasteiger partial charge < -0.3 is 15.3 Å². The highest BCUT2D eigenvalue weighted by Gasteiger charge is 2.11. The van der Waals surface area contributed by atoms with Crippen LogP contribution in [0.2, 0.25) is 0 Å². The Morgan fingerprint density at radius 2 is 1.93 bits per heavy atom. The maximum Gasteiger partial charge on any atom is 0.170 e. The van der Waals surface area contributed by atoms with Crippen LogP contribution in [0.25, 0.3) is 0 Å². The van der Waals surface area contributed by atoms with Crippen molar-refractivity contribution in [2.75, 3.05) is 46.5 Å². The van der Waals surface area contributed by atoms with E-state index in [1.807, 2.05) is 19.2 Å². The van der Waals surface area contributed by atoms with Gasteiger partial charge in [-0.15, -0.1) is 0 Å². The fraction of sp³-hybridized carbons (Fsp3) is 0.409. The summed E-state index contributed by atoms with van der Waals surface area (Å²) in [5.74, 6) is 0.147. The Hall–Kier alpha value is -2.48. The normalized spacial score (nSPS) is 15.6. The third-order valence-corrected chi connectivity index (χ3v) is 4.83. The number of nitrogens with zero attached hydrogens (tertiary/aromatic N) is 3. The first kappa shape index (κ1) is 21.2. The molecule has 0 saturated carbocycles. The molecule has 29 heavy (non-hydrogen) atoms. The molecule has 1 fully saturated rings. The van der Waals surface area contributed by atoms with Crippen molar-refractivity contribution in [1.29, 1.82) is 0 Å². The molecule has 1 aliphatic heterocycles. The van der Waals surface area contributed by atoms with Crippen molar-refractivity contribution < 1.29 is 14.0 Å². The molecule has 7 heteroatoms. The highest BCUT2D eigenvalue weighted by Crippen LogP contribution is 2.10. The number of rotatable bonds is 9. The van der Waals surface area contributed by atoms with E-state index in [4.69, 9.17) is 15.3 Å². The van der Waals surface area contributed by atoms with E-state index in [2.05, 4.69) is 27.1 Å². The molecule has 0 aliphatic carbocycles. The van der Waals surface area contributed by atoms with Crippen LogP contribution in [0.4, 0.5) is 4.39 Å². The first-order valence-corrected chi connectivity index (χ1v) is 9.88. The molecule has 6 nitrogen and oxygen atoms in total. The molecule has 156 valence electrons. The zero-order valence-corrected chi connectivity index (χ0v) is 16.9. The third-order valence-electron chi connectivity index (χ3n) is 4.83. The van der Waals surface area contributed by atoms with Gasteiger partial charge in [0.25, 0.3) is 0 Å². The van der Waals surface area contributed by atoms with Crippen molar-refractivity contribution in [3.63, 3.8) is 0 Å². The first-order valence-electron chi connectivity index (χ1n) is 9.88. The lowest BCUT2D eigenvalue weighted by Crippen LogP contribution is -2.35. The summed E-state index contributed by atoms with van der Waals surface area (Å²) in [4.78, 5) is 9.85. The van der Waals surface area contributed by atoms with Gasteiger partial charge in [-0.1, -0.05) is 35.5 Å². The lowest BCUT2D eigenvalue weighted by atomic mass is 10.1. The van der Waals surface area contributed by atoms with E-state index < -0.39 is 0 Å². The Kier molecular flexibility index (Phi) is 7.98. The van der Waals surface area contributed by atoms with Crippen molar-refractivity contribution in [2.24, 2.45) is 10.9 Å². The Morgan fingerprint density at radius 1 is 1.17 bits per heavy atom. The monoisotopic (exact) mass is 400 g/mol. The molecule has 0 radical (unpaired) electrons. The van der Waals surface area contributed by atoms with Gasteiger partial charge in [-0.2, -0.15) is 0 Å². The van der Waals surface area contributed by atoms with E-state index in [1.165, 1.54) is 17.7 Å². The van der Waals surface area contributed by atoms with Gasteiger partial charge in [-0.05, 0) is 36.4 Å². The van der Waals surface area contributed by atoms with E-state index in [0.717, 1.165) is 44.0 Å². The second-order valence-corrected chi connectivity index (χ2v) is 7.26. The van der Waals surface area contributed by atoms with Gasteiger partial charge in [0, 0.05) is 38.3 Å². The highest BCUT2D eigenvalue weighted by atomic mass is 19.1. The van der Waals surface area contributed by atoms with Crippen molar-refractivity contribution in [3.05, 3.63) is 71.0 Å². The minimum atomic E-state index is -0.224. The first-order chi connectivity index (χ1) is 14.1. The van der Waals surface area contributed by atoms with Crippen LogP contribution >= 0.6 is 0 Å². The quantitative estimate of drug-likeness (QED) is 0.303. The molecule has 3 rings (SSSR count). The van der Waals surface area contributed by atoms with Crippen LogP contribution in [0.3, 0.4) is 0 Å². The molecule has 0 amide bonds. The maximum atomic E-state index is 13.0. The van der Waals surface area contributed by atoms with Crippen molar-refractivity contribution in [3.8, 4) is 0 Å². The molecule has 0 aromatic heterocycles. The molecule has 0 spiro atoms. The van der Waals surface area contributed by atoms with Gasteiger partial charge >= 0.3 is 0 Å². The van der Waals surface area contributed by atoms with Crippen LogP contribution < -0.4 is 5.73 Å². The fourth-order valence-electron chi connectivity index (χ4n) is 3.19. The number of amidine groups is 1. The fourth-order valence-corrected chi connectivity index (χ4v) is 3.19. The molecule has 0 unspecified atom stereocenters. The van der Waals surface area contributed by atoms with Gasteiger partial charge in [0.05, 0.1) is 13.2 Å². The third kappa shape index (κ3) is 7.12. The van der Waals surface area contributed by atoms with Crippen molar-refractivity contribution in [1.82, 2.24) is 9.80 Å². The number of ether oxygens (including phenoxy) is 1. The average Bonchev–Trinajstić information content (AvgIpc) is 2.74. The SMILES string of the molecule is CN(CCON=C(N)c1cccc(CN2CCOCC2)c1)Cc1ccc(F)cc1. The molecule has 0 atom stereocenters. The summed E-state index contributed by atoms with van der Waals surface area (Å²) < 4.78 is 18.4. The van der Waals surface area contributed by atoms with Crippen LogP contribution in [0.5, 0.6) is 0 Å². The number of benzene rings is 2. The number of oxime groups is 1. The Bertz CT molecular complexity index is 792. The van der Waals surface area contributed by atoms with Crippen LogP contribution in [0, 0.1) is 5.82 Å². The summed E-state index contributed by atoms with van der Waals surface area (Å²) in [5.41, 5.74) is 9.20. The van der Waals surface area contributed by atoms with Gasteiger partial charge in [-0.25, -0.2) is 4.39 Å². The van der Waals surface area contributed by atoms with E-state index in [0.29, 0.717) is 25.5 Å². The summed E-state index contributed by atoms with van der Waals surface area (Å²) in [5, 5.41) is 4.06. The van der Waals surface area contributed by atoms with Crippen LogP contribution in [-0.4, -0.2) is 62.1 Å². The van der Waals surface area contributed by atoms with Gasteiger partial charge in [0.15, 0.2) is 5.84 Å². The summed E-state index contributed by atoms with van der Waals surface area (Å²) in [7, 11) is 1.98. The molecule has 2 aromatic carbocycles. The molecule has 1 saturated heterocycles. The number of hydrogen-bond donors (Lipinski definition) is 1. The van der Waals surface area contributed by atoms with Gasteiger partial charge in [0.2, 0.25) is 0 Å². The van der Waals surface area contributed by atoms with E-state index in [1.54, 1.807) is 12.1 Å². The number of halogens is 1. The number of likely N-dealkylation sites (N-methyl/N-ethyl adjacent to an activating group) is 1. The Balaban J connectivity index is 1.44. The molecular formula is C22H29FN4O2. The minimum Gasteiger partial charge on any atom is -0.393 e. The highest BCUT2D eigenvalue weighted by molar-refractivity contribution is 5.97. The lowest BCUT2D eigenvalue weighted by Gasteiger charge is -2.26. The average molecular weight is 400 g/mol. The molecule has 1 aliphatic rings. The smallest absolute Gasteiger partial charge is 0.170 e. The van der Waals surface area contributed by atoms with Crippen LogP contribution in [-0.2, 0) is 22.7 Å². The standard InChI is InChI=1S/C22H29FN4O2/c1-26(16-18-5-7-21(23)8-6-18)9-14-29-25-22(24)20-4-2-3-19(15-20)17-27-10-12-28-13-11-27/h2-8,15H,9-14,16-17H2,1H3,(H2,24,25). The zero-order valence-electron chi connectivity index (χ0n) is 16.9. The zero-order chi connectivity index (χ0) is 20.5. The maximum absolute atomic E-state index is 13.0. The van der Waals surface area contributed by atoms with E-state index in [9.17, 15) is 4.39 Å². The van der Waals surface area contributed by atoms with Crippen LogP contribution in [0.15, 0.2) is 53.7 Å². The second kappa shape index (κ2) is 10.9. The largest absolute Gasteiger partial charge is 0.393 e. The molecular weight excluding hydrogens is 371 g/mol. The number of nitrogens with two attached hydrogens (primary N) is 1. The predicted molar refractivity (Wildman–Crippen MR) is 112 cm³/mol. The second-order valence-electron chi connectivity index (χ2n) is 7.26. The number of morpholine rings is 1. The molecule has 2 N–H and O–H groups in total.